The summed E-state index contributed by atoms with van der Waals surface area (Å²) < 4.78 is 14.2. The summed E-state index contributed by atoms with van der Waals surface area (Å²) in [6, 6.07) is 5.78. The van der Waals surface area contributed by atoms with Crippen LogP contribution in [-0.4, -0.2) is 6.04 Å². The number of hydrogen-bond donors (Lipinski definition) is 1. The van der Waals surface area contributed by atoms with Gasteiger partial charge in [-0.2, -0.15) is 0 Å². The van der Waals surface area contributed by atoms with Crippen LogP contribution in [0.15, 0.2) is 18.2 Å². The molecule has 1 heterocycles. The molecular formula is C13H14FNS. The van der Waals surface area contributed by atoms with Crippen molar-refractivity contribution in [3.63, 3.8) is 0 Å². The van der Waals surface area contributed by atoms with E-state index in [0.29, 0.717) is 0 Å². The van der Waals surface area contributed by atoms with Crippen molar-refractivity contribution in [3.05, 3.63) is 34.5 Å². The lowest BCUT2D eigenvalue weighted by Gasteiger charge is -2.00. The first-order chi connectivity index (χ1) is 7.74. The normalized spacial score (nSPS) is 15.9. The Labute approximate surface area is 98.3 Å². The van der Waals surface area contributed by atoms with Gasteiger partial charge in [-0.1, -0.05) is 6.07 Å². The van der Waals surface area contributed by atoms with Crippen molar-refractivity contribution in [2.45, 2.75) is 32.4 Å². The van der Waals surface area contributed by atoms with Gasteiger partial charge < -0.3 is 5.32 Å². The Morgan fingerprint density at radius 2 is 2.25 bits per heavy atom. The van der Waals surface area contributed by atoms with E-state index in [1.165, 1.54) is 28.7 Å². The van der Waals surface area contributed by atoms with Crippen molar-refractivity contribution >= 4 is 21.4 Å². The predicted molar refractivity (Wildman–Crippen MR) is 66.4 cm³/mol. The van der Waals surface area contributed by atoms with E-state index < -0.39 is 0 Å². The topological polar surface area (TPSA) is 12.0 Å². The van der Waals surface area contributed by atoms with Crippen LogP contribution in [-0.2, 0) is 6.54 Å². The SMILES string of the molecule is Cc1c(CNC2CC2)sc2cc(F)ccc12. The van der Waals surface area contributed by atoms with Gasteiger partial charge in [0.15, 0.2) is 0 Å². The van der Waals surface area contributed by atoms with Crippen LogP contribution >= 0.6 is 11.3 Å². The molecule has 0 unspecified atom stereocenters. The molecule has 0 saturated heterocycles. The molecule has 1 aliphatic rings. The van der Waals surface area contributed by atoms with Gasteiger partial charge in [0.25, 0.3) is 0 Å². The van der Waals surface area contributed by atoms with E-state index in [-0.39, 0.29) is 5.82 Å². The maximum atomic E-state index is 13.1. The highest BCUT2D eigenvalue weighted by molar-refractivity contribution is 7.19. The Balaban J connectivity index is 1.94. The van der Waals surface area contributed by atoms with Crippen LogP contribution in [0.4, 0.5) is 4.39 Å². The minimum atomic E-state index is -0.143. The molecule has 1 aromatic carbocycles. The number of thiophene rings is 1. The molecule has 2 aromatic rings. The van der Waals surface area contributed by atoms with Crippen LogP contribution in [0.3, 0.4) is 0 Å². The molecule has 0 atom stereocenters. The summed E-state index contributed by atoms with van der Waals surface area (Å²) in [6.07, 6.45) is 2.61. The third-order valence-corrected chi connectivity index (χ3v) is 4.38. The molecule has 1 nitrogen and oxygen atoms in total. The second-order valence-corrected chi connectivity index (χ2v) is 5.58. The van der Waals surface area contributed by atoms with E-state index in [4.69, 9.17) is 0 Å². The lowest BCUT2D eigenvalue weighted by Crippen LogP contribution is -2.14. The number of nitrogens with one attached hydrogen (secondary N) is 1. The molecule has 1 fully saturated rings. The van der Waals surface area contributed by atoms with Gasteiger partial charge in [-0.3, -0.25) is 0 Å². The average molecular weight is 235 g/mol. The molecule has 1 aromatic heterocycles. The summed E-state index contributed by atoms with van der Waals surface area (Å²) in [4.78, 5) is 1.34. The Bertz CT molecular complexity index is 528. The quantitative estimate of drug-likeness (QED) is 0.857. The second kappa shape index (κ2) is 3.82. The molecule has 1 aliphatic carbocycles. The molecule has 0 spiro atoms. The molecule has 0 amide bonds. The maximum absolute atomic E-state index is 13.1. The van der Waals surface area contributed by atoms with Crippen molar-refractivity contribution in [2.24, 2.45) is 0 Å². The largest absolute Gasteiger partial charge is 0.309 e. The summed E-state index contributed by atoms with van der Waals surface area (Å²) in [5.41, 5.74) is 1.30. The molecule has 3 heteroatoms. The third-order valence-electron chi connectivity index (χ3n) is 3.13. The van der Waals surface area contributed by atoms with Gasteiger partial charge in [0.2, 0.25) is 0 Å². The fourth-order valence-electron chi connectivity index (χ4n) is 1.94. The average Bonchev–Trinajstić information content (AvgIpc) is 3.03. The van der Waals surface area contributed by atoms with Gasteiger partial charge >= 0.3 is 0 Å². The van der Waals surface area contributed by atoms with E-state index in [1.807, 2.05) is 6.07 Å². The van der Waals surface area contributed by atoms with Crippen LogP contribution in [0.5, 0.6) is 0 Å². The van der Waals surface area contributed by atoms with Crippen molar-refractivity contribution in [1.82, 2.24) is 5.32 Å². The van der Waals surface area contributed by atoms with Gasteiger partial charge in [0, 0.05) is 22.2 Å². The van der Waals surface area contributed by atoms with Crippen molar-refractivity contribution in [3.8, 4) is 0 Å². The van der Waals surface area contributed by atoms with Crippen LogP contribution in [0, 0.1) is 12.7 Å². The number of halogens is 1. The highest BCUT2D eigenvalue weighted by Crippen LogP contribution is 2.31. The summed E-state index contributed by atoms with van der Waals surface area (Å²) >= 11 is 1.71. The highest BCUT2D eigenvalue weighted by Gasteiger charge is 2.21. The number of aryl methyl sites for hydroxylation is 1. The minimum Gasteiger partial charge on any atom is -0.309 e. The lowest BCUT2D eigenvalue weighted by molar-refractivity contribution is 0.630. The van der Waals surface area contributed by atoms with Gasteiger partial charge in [-0.25, -0.2) is 4.39 Å². The number of benzene rings is 1. The second-order valence-electron chi connectivity index (χ2n) is 4.45. The zero-order chi connectivity index (χ0) is 11.1. The lowest BCUT2D eigenvalue weighted by atomic mass is 10.1. The van der Waals surface area contributed by atoms with Crippen molar-refractivity contribution in [2.75, 3.05) is 0 Å². The zero-order valence-corrected chi connectivity index (χ0v) is 10.0. The fraction of sp³-hybridized carbons (Fsp3) is 0.385. The van der Waals surface area contributed by atoms with Crippen LogP contribution in [0.1, 0.15) is 23.3 Å². The number of rotatable bonds is 3. The van der Waals surface area contributed by atoms with Crippen LogP contribution in [0.2, 0.25) is 0 Å². The van der Waals surface area contributed by atoms with E-state index in [1.54, 1.807) is 23.5 Å². The molecule has 3 rings (SSSR count). The van der Waals surface area contributed by atoms with E-state index in [0.717, 1.165) is 17.3 Å². The van der Waals surface area contributed by atoms with E-state index >= 15 is 0 Å². The number of fused-ring (bicyclic) bond motifs is 1. The van der Waals surface area contributed by atoms with E-state index in [2.05, 4.69) is 12.2 Å². The molecule has 0 bridgehead atoms. The van der Waals surface area contributed by atoms with Crippen molar-refractivity contribution in [1.29, 1.82) is 0 Å². The molecule has 84 valence electrons. The van der Waals surface area contributed by atoms with Crippen molar-refractivity contribution < 1.29 is 4.39 Å². The Morgan fingerprint density at radius 3 is 3.00 bits per heavy atom. The molecule has 0 radical (unpaired) electrons. The van der Waals surface area contributed by atoms with Gasteiger partial charge in [-0.05, 0) is 42.8 Å². The van der Waals surface area contributed by atoms with Crippen LogP contribution < -0.4 is 5.32 Å². The van der Waals surface area contributed by atoms with Crippen LogP contribution in [0.25, 0.3) is 10.1 Å². The molecular weight excluding hydrogens is 221 g/mol. The smallest absolute Gasteiger partial charge is 0.124 e. The molecule has 16 heavy (non-hydrogen) atoms. The van der Waals surface area contributed by atoms with Gasteiger partial charge in [0.05, 0.1) is 0 Å². The van der Waals surface area contributed by atoms with Gasteiger partial charge in [0.1, 0.15) is 5.82 Å². The monoisotopic (exact) mass is 235 g/mol. The summed E-state index contributed by atoms with van der Waals surface area (Å²) in [5.74, 6) is -0.143. The summed E-state index contributed by atoms with van der Waals surface area (Å²) in [6.45, 7) is 3.05. The number of hydrogen-bond acceptors (Lipinski definition) is 2. The summed E-state index contributed by atoms with van der Waals surface area (Å²) in [7, 11) is 0. The van der Waals surface area contributed by atoms with Gasteiger partial charge in [-0.15, -0.1) is 11.3 Å². The predicted octanol–water partition coefficient (Wildman–Crippen LogP) is 3.60. The molecule has 1 saturated carbocycles. The Hall–Kier alpha value is -0.930. The first-order valence-corrected chi connectivity index (χ1v) is 6.46. The molecule has 0 aliphatic heterocycles. The fourth-order valence-corrected chi connectivity index (χ4v) is 3.13. The standard InChI is InChI=1S/C13H14FNS/c1-8-11-5-2-9(14)6-12(11)16-13(8)7-15-10-3-4-10/h2,5-6,10,15H,3-4,7H2,1H3. The minimum absolute atomic E-state index is 0.143. The highest BCUT2D eigenvalue weighted by atomic mass is 32.1. The molecule has 1 N–H and O–H groups in total. The first-order valence-electron chi connectivity index (χ1n) is 5.65. The first kappa shape index (κ1) is 10.2. The Kier molecular flexibility index (Phi) is 2.45. The Morgan fingerprint density at radius 1 is 1.44 bits per heavy atom. The third kappa shape index (κ3) is 1.85. The summed E-state index contributed by atoms with van der Waals surface area (Å²) in [5, 5.41) is 4.70. The zero-order valence-electron chi connectivity index (χ0n) is 9.22. The maximum Gasteiger partial charge on any atom is 0.124 e. The van der Waals surface area contributed by atoms with E-state index in [9.17, 15) is 4.39 Å².